The van der Waals surface area contributed by atoms with Gasteiger partial charge in [0.1, 0.15) is 5.60 Å². The van der Waals surface area contributed by atoms with Gasteiger partial charge in [0.2, 0.25) is 5.91 Å². The zero-order valence-electron chi connectivity index (χ0n) is 17.8. The van der Waals surface area contributed by atoms with E-state index in [1.54, 1.807) is 0 Å². The van der Waals surface area contributed by atoms with E-state index in [4.69, 9.17) is 0 Å². The highest BCUT2D eigenvalue weighted by Crippen LogP contribution is 2.33. The van der Waals surface area contributed by atoms with Crippen molar-refractivity contribution in [1.29, 1.82) is 0 Å². The second-order valence-corrected chi connectivity index (χ2v) is 7.71. The average Bonchev–Trinajstić information content (AvgIpc) is 2.86. The molecule has 0 bridgehead atoms. The Balaban J connectivity index is 1.60. The summed E-state index contributed by atoms with van der Waals surface area (Å²) in [5.74, 6) is -0.278. The van der Waals surface area contributed by atoms with Gasteiger partial charge in [-0.15, -0.1) is 0 Å². The van der Waals surface area contributed by atoms with E-state index < -0.39 is 5.60 Å². The van der Waals surface area contributed by atoms with E-state index in [9.17, 15) is 9.90 Å². The van der Waals surface area contributed by atoms with Crippen molar-refractivity contribution in [2.45, 2.75) is 18.6 Å². The minimum absolute atomic E-state index is 0.112. The van der Waals surface area contributed by atoms with Crippen molar-refractivity contribution in [1.82, 2.24) is 5.43 Å². The Morgan fingerprint density at radius 1 is 0.688 bits per heavy atom. The Kier molecular flexibility index (Phi) is 6.63. The minimum atomic E-state index is -1.44. The minimum Gasteiger partial charge on any atom is -0.380 e. The maximum absolute atomic E-state index is 13.3. The molecule has 4 nitrogen and oxygen atoms in total. The number of hydrogen-bond donors (Lipinski definition) is 2. The Morgan fingerprint density at radius 3 is 1.62 bits per heavy atom. The fraction of sp³-hybridized carbons (Fsp3) is 0.107. The first kappa shape index (κ1) is 21.3. The van der Waals surface area contributed by atoms with Gasteiger partial charge < -0.3 is 5.11 Å². The van der Waals surface area contributed by atoms with E-state index in [1.807, 2.05) is 126 Å². The molecule has 0 heterocycles. The van der Waals surface area contributed by atoms with Gasteiger partial charge >= 0.3 is 0 Å². The standard InChI is InChI=1S/C28H26N2O2/c31-27(21-28(32,24-15-7-2-8-16-24)25-17-9-3-10-18-25)29-30(26-19-11-4-12-20-26)22-23-13-5-1-6-14-23/h1-20,32H,21-22H2,(H,29,31). The molecular weight excluding hydrogens is 396 g/mol. The van der Waals surface area contributed by atoms with Crippen LogP contribution in [0, 0.1) is 0 Å². The fourth-order valence-corrected chi connectivity index (χ4v) is 3.79. The number of aliphatic hydroxyl groups is 1. The first-order valence-electron chi connectivity index (χ1n) is 10.6. The lowest BCUT2D eigenvalue weighted by molar-refractivity contribution is -0.125. The van der Waals surface area contributed by atoms with Crippen LogP contribution in [0.3, 0.4) is 0 Å². The normalized spacial score (nSPS) is 11.0. The Morgan fingerprint density at radius 2 is 1.12 bits per heavy atom. The highest BCUT2D eigenvalue weighted by Gasteiger charge is 2.34. The number of carbonyl (C=O) groups is 1. The summed E-state index contributed by atoms with van der Waals surface area (Å²) < 4.78 is 0. The van der Waals surface area contributed by atoms with Crippen LogP contribution in [0.1, 0.15) is 23.1 Å². The van der Waals surface area contributed by atoms with Gasteiger partial charge in [0.25, 0.3) is 0 Å². The Labute approximate surface area is 188 Å². The van der Waals surface area contributed by atoms with Crippen LogP contribution in [0.25, 0.3) is 0 Å². The van der Waals surface area contributed by atoms with Crippen molar-refractivity contribution < 1.29 is 9.90 Å². The molecule has 0 spiro atoms. The summed E-state index contributed by atoms with van der Waals surface area (Å²) in [5.41, 5.74) is 4.86. The van der Waals surface area contributed by atoms with Gasteiger partial charge in [-0.3, -0.25) is 15.2 Å². The maximum Gasteiger partial charge on any atom is 0.242 e. The molecule has 0 aliphatic carbocycles. The molecule has 4 aromatic carbocycles. The molecule has 4 rings (SSSR count). The SMILES string of the molecule is O=C(CC(O)(c1ccccc1)c1ccccc1)NN(Cc1ccccc1)c1ccccc1. The average molecular weight is 423 g/mol. The first-order valence-corrected chi connectivity index (χ1v) is 10.6. The van der Waals surface area contributed by atoms with Crippen LogP contribution in [0.15, 0.2) is 121 Å². The van der Waals surface area contributed by atoms with Crippen LogP contribution in [-0.2, 0) is 16.9 Å². The van der Waals surface area contributed by atoms with E-state index in [2.05, 4.69) is 5.43 Å². The summed E-state index contributed by atoms with van der Waals surface area (Å²) in [6, 6.07) is 38.3. The summed E-state index contributed by atoms with van der Waals surface area (Å²) in [4.78, 5) is 13.3. The monoisotopic (exact) mass is 422 g/mol. The number of rotatable bonds is 8. The lowest BCUT2D eigenvalue weighted by Gasteiger charge is -2.31. The number of para-hydroxylation sites is 1. The lowest BCUT2D eigenvalue weighted by Crippen LogP contribution is -2.45. The smallest absolute Gasteiger partial charge is 0.242 e. The third-order valence-corrected chi connectivity index (χ3v) is 5.43. The van der Waals surface area contributed by atoms with Crippen molar-refractivity contribution in [3.63, 3.8) is 0 Å². The van der Waals surface area contributed by atoms with Gasteiger partial charge in [-0.1, -0.05) is 109 Å². The van der Waals surface area contributed by atoms with E-state index in [1.165, 1.54) is 0 Å². The largest absolute Gasteiger partial charge is 0.380 e. The number of benzene rings is 4. The van der Waals surface area contributed by atoms with Crippen molar-refractivity contribution >= 4 is 11.6 Å². The van der Waals surface area contributed by atoms with Crippen LogP contribution in [-0.4, -0.2) is 11.0 Å². The predicted octanol–water partition coefficient (Wildman–Crippen LogP) is 5.05. The van der Waals surface area contributed by atoms with Gasteiger partial charge in [0.05, 0.1) is 18.7 Å². The summed E-state index contributed by atoms with van der Waals surface area (Å²) in [5, 5.41) is 13.5. The number of nitrogens with one attached hydrogen (secondary N) is 1. The molecule has 0 aromatic heterocycles. The van der Waals surface area contributed by atoms with E-state index in [-0.39, 0.29) is 12.3 Å². The molecular formula is C28H26N2O2. The molecule has 0 fully saturated rings. The van der Waals surface area contributed by atoms with Gasteiger partial charge in [0.15, 0.2) is 0 Å². The lowest BCUT2D eigenvalue weighted by atomic mass is 9.83. The van der Waals surface area contributed by atoms with E-state index >= 15 is 0 Å². The molecule has 1 amide bonds. The topological polar surface area (TPSA) is 52.6 Å². The van der Waals surface area contributed by atoms with Crippen molar-refractivity contribution in [3.8, 4) is 0 Å². The molecule has 0 saturated heterocycles. The molecule has 0 aliphatic heterocycles. The van der Waals surface area contributed by atoms with Gasteiger partial charge in [-0.05, 0) is 28.8 Å². The zero-order valence-corrected chi connectivity index (χ0v) is 17.8. The third kappa shape index (κ3) is 5.05. The summed E-state index contributed by atoms with van der Waals surface area (Å²) >= 11 is 0. The highest BCUT2D eigenvalue weighted by atomic mass is 16.3. The van der Waals surface area contributed by atoms with Gasteiger partial charge in [-0.2, -0.15) is 0 Å². The van der Waals surface area contributed by atoms with Crippen molar-refractivity contribution in [3.05, 3.63) is 138 Å². The molecule has 0 atom stereocenters. The van der Waals surface area contributed by atoms with Crippen LogP contribution in [0.2, 0.25) is 0 Å². The van der Waals surface area contributed by atoms with Gasteiger partial charge in [-0.25, -0.2) is 0 Å². The fourth-order valence-electron chi connectivity index (χ4n) is 3.79. The molecule has 0 saturated carbocycles. The quantitative estimate of drug-likeness (QED) is 0.391. The van der Waals surface area contributed by atoms with Crippen LogP contribution < -0.4 is 10.4 Å². The third-order valence-electron chi connectivity index (χ3n) is 5.43. The van der Waals surface area contributed by atoms with Crippen molar-refractivity contribution in [2.75, 3.05) is 5.01 Å². The number of carbonyl (C=O) groups excluding carboxylic acids is 1. The number of hydrogen-bond acceptors (Lipinski definition) is 3. The second kappa shape index (κ2) is 9.94. The second-order valence-electron chi connectivity index (χ2n) is 7.71. The van der Waals surface area contributed by atoms with Crippen LogP contribution in [0.4, 0.5) is 5.69 Å². The summed E-state index contributed by atoms with van der Waals surface area (Å²) in [7, 11) is 0. The number of amides is 1. The van der Waals surface area contributed by atoms with Crippen LogP contribution in [0.5, 0.6) is 0 Å². The van der Waals surface area contributed by atoms with E-state index in [0.29, 0.717) is 17.7 Å². The van der Waals surface area contributed by atoms with Crippen molar-refractivity contribution in [2.24, 2.45) is 0 Å². The highest BCUT2D eigenvalue weighted by molar-refractivity contribution is 5.80. The molecule has 32 heavy (non-hydrogen) atoms. The summed E-state index contributed by atoms with van der Waals surface area (Å²) in [6.45, 7) is 0.506. The molecule has 160 valence electrons. The first-order chi connectivity index (χ1) is 15.6. The molecule has 0 radical (unpaired) electrons. The van der Waals surface area contributed by atoms with Gasteiger partial charge in [0, 0.05) is 0 Å². The number of nitrogens with zero attached hydrogens (tertiary/aromatic N) is 1. The Hall–Kier alpha value is -3.89. The zero-order chi connectivity index (χ0) is 22.2. The van der Waals surface area contributed by atoms with E-state index in [0.717, 1.165) is 11.3 Å². The predicted molar refractivity (Wildman–Crippen MR) is 128 cm³/mol. The molecule has 0 unspecified atom stereocenters. The number of hydrazine groups is 1. The maximum atomic E-state index is 13.3. The molecule has 0 aliphatic rings. The molecule has 4 heteroatoms. The molecule has 4 aromatic rings. The Bertz CT molecular complexity index is 1080. The van der Waals surface area contributed by atoms with Crippen LogP contribution >= 0.6 is 0 Å². The summed E-state index contributed by atoms with van der Waals surface area (Å²) in [6.07, 6.45) is -0.112. The number of anilines is 1. The molecule has 2 N–H and O–H groups in total.